The first-order valence-electron chi connectivity index (χ1n) is 7.64. The quantitative estimate of drug-likeness (QED) is 0.681. The Hall–Kier alpha value is -2.64. The topological polar surface area (TPSA) is 66.4 Å². The normalized spacial score (nSPS) is 17.4. The van der Waals surface area contributed by atoms with E-state index in [2.05, 4.69) is 20.6 Å². The number of amidine groups is 1. The van der Waals surface area contributed by atoms with E-state index in [1.54, 1.807) is 0 Å². The number of hydrogen-bond acceptors (Lipinski definition) is 6. The standard InChI is InChI=1S/C18H14N4OS2/c1-19-12-8-6-11(7-9-12)10-15-16(23)21-18(25-15)22-17-20-13-4-2-3-5-14(13)24-17/h2-10,19H,1H3,(H,20,21,22,23)/b15-10+. The van der Waals surface area contributed by atoms with Gasteiger partial charge < -0.3 is 10.6 Å². The molecule has 0 saturated carbocycles. The molecule has 0 spiro atoms. The van der Waals surface area contributed by atoms with Crippen LogP contribution in [0.1, 0.15) is 5.56 Å². The van der Waals surface area contributed by atoms with Crippen LogP contribution < -0.4 is 10.6 Å². The first-order chi connectivity index (χ1) is 12.2. The van der Waals surface area contributed by atoms with Gasteiger partial charge in [-0.1, -0.05) is 35.6 Å². The highest BCUT2D eigenvalue weighted by atomic mass is 32.2. The lowest BCUT2D eigenvalue weighted by Crippen LogP contribution is -2.19. The molecule has 1 saturated heterocycles. The molecular weight excluding hydrogens is 352 g/mol. The minimum atomic E-state index is -0.137. The monoisotopic (exact) mass is 366 g/mol. The zero-order chi connectivity index (χ0) is 17.2. The smallest absolute Gasteiger partial charge is 0.264 e. The Labute approximate surface area is 152 Å². The highest BCUT2D eigenvalue weighted by Crippen LogP contribution is 2.32. The van der Waals surface area contributed by atoms with Crippen molar-refractivity contribution in [2.45, 2.75) is 0 Å². The van der Waals surface area contributed by atoms with Crippen molar-refractivity contribution < 1.29 is 4.79 Å². The molecule has 0 bridgehead atoms. The number of nitrogens with zero attached hydrogens (tertiary/aromatic N) is 2. The Balaban J connectivity index is 1.57. The minimum Gasteiger partial charge on any atom is -0.388 e. The molecule has 1 fully saturated rings. The SMILES string of the molecule is CNc1ccc(/C=C2/S/C(=N/c3nc4ccccc4s3)NC2=O)cc1. The average molecular weight is 366 g/mol. The summed E-state index contributed by atoms with van der Waals surface area (Å²) in [6, 6.07) is 15.8. The average Bonchev–Trinajstić information content (AvgIpc) is 3.18. The summed E-state index contributed by atoms with van der Waals surface area (Å²) in [6.45, 7) is 0. The fourth-order valence-electron chi connectivity index (χ4n) is 2.37. The van der Waals surface area contributed by atoms with E-state index in [1.165, 1.54) is 23.1 Å². The summed E-state index contributed by atoms with van der Waals surface area (Å²) in [4.78, 5) is 21.7. The van der Waals surface area contributed by atoms with Crippen molar-refractivity contribution in [3.05, 3.63) is 59.0 Å². The van der Waals surface area contributed by atoms with Crippen LogP contribution in [0.2, 0.25) is 0 Å². The molecule has 0 aliphatic carbocycles. The van der Waals surface area contributed by atoms with Gasteiger partial charge in [-0.25, -0.2) is 4.98 Å². The summed E-state index contributed by atoms with van der Waals surface area (Å²) in [5.74, 6) is -0.137. The van der Waals surface area contributed by atoms with Gasteiger partial charge in [0.05, 0.1) is 15.1 Å². The third-order valence-corrected chi connectivity index (χ3v) is 5.47. The summed E-state index contributed by atoms with van der Waals surface area (Å²) >= 11 is 2.83. The van der Waals surface area contributed by atoms with E-state index in [1.807, 2.05) is 61.7 Å². The third-order valence-electron chi connectivity index (χ3n) is 3.63. The maximum atomic E-state index is 12.2. The second-order valence-corrected chi connectivity index (χ2v) is 7.36. The van der Waals surface area contributed by atoms with Gasteiger partial charge in [0, 0.05) is 12.7 Å². The minimum absolute atomic E-state index is 0.137. The van der Waals surface area contributed by atoms with Gasteiger partial charge in [0.25, 0.3) is 5.91 Å². The second kappa shape index (κ2) is 6.70. The van der Waals surface area contributed by atoms with Crippen LogP contribution in [-0.2, 0) is 4.79 Å². The summed E-state index contributed by atoms with van der Waals surface area (Å²) in [7, 11) is 1.87. The number of rotatable bonds is 3. The lowest BCUT2D eigenvalue weighted by molar-refractivity contribution is -0.115. The lowest BCUT2D eigenvalue weighted by atomic mass is 10.2. The molecule has 1 amide bonds. The summed E-state index contributed by atoms with van der Waals surface area (Å²) in [5, 5.41) is 7.07. The molecule has 4 rings (SSSR count). The van der Waals surface area contributed by atoms with Crippen LogP contribution in [0.5, 0.6) is 0 Å². The van der Waals surface area contributed by atoms with Gasteiger partial charge in [-0.2, -0.15) is 4.99 Å². The number of nitrogens with one attached hydrogen (secondary N) is 2. The molecule has 1 aromatic heterocycles. The number of para-hydroxylation sites is 1. The van der Waals surface area contributed by atoms with Crippen molar-refractivity contribution in [2.75, 3.05) is 12.4 Å². The predicted molar refractivity (Wildman–Crippen MR) is 106 cm³/mol. The largest absolute Gasteiger partial charge is 0.388 e. The van der Waals surface area contributed by atoms with Crippen molar-refractivity contribution in [2.24, 2.45) is 4.99 Å². The zero-order valence-corrected chi connectivity index (χ0v) is 14.9. The van der Waals surface area contributed by atoms with E-state index in [-0.39, 0.29) is 5.91 Å². The van der Waals surface area contributed by atoms with Crippen molar-refractivity contribution >= 4 is 61.3 Å². The zero-order valence-electron chi connectivity index (χ0n) is 13.3. The first-order valence-corrected chi connectivity index (χ1v) is 9.27. The molecule has 124 valence electrons. The lowest BCUT2D eigenvalue weighted by Gasteiger charge is -1.99. The number of aliphatic imine (C=N–C) groups is 1. The van der Waals surface area contributed by atoms with Gasteiger partial charge in [-0.15, -0.1) is 0 Å². The Bertz CT molecular complexity index is 972. The molecule has 5 nitrogen and oxygen atoms in total. The predicted octanol–water partition coefficient (Wildman–Crippen LogP) is 4.23. The van der Waals surface area contributed by atoms with E-state index in [4.69, 9.17) is 0 Å². The fraction of sp³-hybridized carbons (Fsp3) is 0.0556. The Morgan fingerprint density at radius 3 is 2.72 bits per heavy atom. The van der Waals surface area contributed by atoms with E-state index in [9.17, 15) is 4.79 Å². The van der Waals surface area contributed by atoms with Crippen LogP contribution in [0, 0.1) is 0 Å². The molecular formula is C18H14N4OS2. The number of benzene rings is 2. The van der Waals surface area contributed by atoms with Crippen LogP contribution in [0.15, 0.2) is 58.4 Å². The maximum absolute atomic E-state index is 12.2. The number of carbonyl (C=O) groups is 1. The van der Waals surface area contributed by atoms with E-state index < -0.39 is 0 Å². The number of carbonyl (C=O) groups excluding carboxylic acids is 1. The molecule has 2 heterocycles. The van der Waals surface area contributed by atoms with Gasteiger partial charge >= 0.3 is 0 Å². The van der Waals surface area contributed by atoms with Crippen LogP contribution in [0.3, 0.4) is 0 Å². The Morgan fingerprint density at radius 1 is 1.16 bits per heavy atom. The Morgan fingerprint density at radius 2 is 1.96 bits per heavy atom. The molecule has 1 aliphatic heterocycles. The number of amides is 1. The highest BCUT2D eigenvalue weighted by Gasteiger charge is 2.24. The molecule has 1 aliphatic rings. The molecule has 2 N–H and O–H groups in total. The van der Waals surface area contributed by atoms with Crippen LogP contribution in [0.4, 0.5) is 10.8 Å². The third kappa shape index (κ3) is 3.42. The molecule has 0 unspecified atom stereocenters. The summed E-state index contributed by atoms with van der Waals surface area (Å²) < 4.78 is 1.08. The van der Waals surface area contributed by atoms with Gasteiger partial charge in [0.15, 0.2) is 5.17 Å². The maximum Gasteiger partial charge on any atom is 0.264 e. The molecule has 7 heteroatoms. The number of thioether (sulfide) groups is 1. The van der Waals surface area contributed by atoms with Crippen molar-refractivity contribution in [3.8, 4) is 0 Å². The number of fused-ring (bicyclic) bond motifs is 1. The van der Waals surface area contributed by atoms with Gasteiger partial charge in [-0.05, 0) is 47.7 Å². The van der Waals surface area contributed by atoms with Crippen molar-refractivity contribution in [1.82, 2.24) is 10.3 Å². The second-order valence-electron chi connectivity index (χ2n) is 5.32. The van der Waals surface area contributed by atoms with Crippen molar-refractivity contribution in [1.29, 1.82) is 0 Å². The summed E-state index contributed by atoms with van der Waals surface area (Å²) in [5.41, 5.74) is 2.92. The van der Waals surface area contributed by atoms with E-state index in [0.717, 1.165) is 21.5 Å². The fourth-order valence-corrected chi connectivity index (χ4v) is 4.10. The Kier molecular flexibility index (Phi) is 4.25. The number of anilines is 1. The first kappa shape index (κ1) is 15.9. The van der Waals surface area contributed by atoms with Crippen LogP contribution in [0.25, 0.3) is 16.3 Å². The molecule has 25 heavy (non-hydrogen) atoms. The molecule has 2 aromatic carbocycles. The molecule has 0 radical (unpaired) electrons. The highest BCUT2D eigenvalue weighted by molar-refractivity contribution is 8.18. The number of thiazole rings is 1. The van der Waals surface area contributed by atoms with Gasteiger partial charge in [0.1, 0.15) is 0 Å². The van der Waals surface area contributed by atoms with E-state index in [0.29, 0.717) is 15.2 Å². The van der Waals surface area contributed by atoms with E-state index >= 15 is 0 Å². The molecule has 0 atom stereocenters. The van der Waals surface area contributed by atoms with Crippen molar-refractivity contribution in [3.63, 3.8) is 0 Å². The van der Waals surface area contributed by atoms with Crippen LogP contribution >= 0.6 is 23.1 Å². The number of aromatic nitrogens is 1. The van der Waals surface area contributed by atoms with Crippen LogP contribution in [-0.4, -0.2) is 23.1 Å². The van der Waals surface area contributed by atoms with Gasteiger partial charge in [-0.3, -0.25) is 4.79 Å². The molecule has 3 aromatic rings. The summed E-state index contributed by atoms with van der Waals surface area (Å²) in [6.07, 6.45) is 1.86. The van der Waals surface area contributed by atoms with Gasteiger partial charge in [0.2, 0.25) is 5.13 Å². The number of hydrogen-bond donors (Lipinski definition) is 2.